The molecule has 0 fully saturated rings. The summed E-state index contributed by atoms with van der Waals surface area (Å²) >= 11 is 0. The van der Waals surface area contributed by atoms with Crippen molar-refractivity contribution in [3.63, 3.8) is 0 Å². The average Bonchev–Trinajstić information content (AvgIpc) is 2.83. The molecule has 0 saturated carbocycles. The summed E-state index contributed by atoms with van der Waals surface area (Å²) in [5.41, 5.74) is 12.6. The van der Waals surface area contributed by atoms with Crippen LogP contribution in [0, 0.1) is 0 Å². The number of nitrogens with zero attached hydrogens (tertiary/aromatic N) is 3. The lowest BCUT2D eigenvalue weighted by Gasteiger charge is -2.21. The van der Waals surface area contributed by atoms with Crippen LogP contribution in [0.4, 0.5) is 0 Å². The highest BCUT2D eigenvalue weighted by atomic mass is 15.3. The van der Waals surface area contributed by atoms with Gasteiger partial charge in [0, 0.05) is 18.1 Å². The van der Waals surface area contributed by atoms with Gasteiger partial charge in [0.15, 0.2) is 5.66 Å². The Kier molecular flexibility index (Phi) is 1.69. The molecule has 0 spiro atoms. The maximum Gasteiger partial charge on any atom is 0.172 e. The number of rotatable bonds is 1. The highest BCUT2D eigenvalue weighted by molar-refractivity contribution is 5.97. The summed E-state index contributed by atoms with van der Waals surface area (Å²) in [4.78, 5) is 6.40. The number of aliphatic imine (C=N–C) groups is 1. The summed E-state index contributed by atoms with van der Waals surface area (Å²) < 4.78 is 0. The van der Waals surface area contributed by atoms with Crippen LogP contribution >= 0.6 is 0 Å². The van der Waals surface area contributed by atoms with Crippen LogP contribution in [0.15, 0.2) is 41.3 Å². The molecule has 0 radical (unpaired) electrons. The standard InChI is InChI=1S/C10H12N6/c11-7-1-2-9-14-10(12,6-16(9)5-7)8-3-4-13-15-8/h1-5H,6,11-12H2,(H,13,15). The van der Waals surface area contributed by atoms with Crippen LogP contribution in [0.2, 0.25) is 0 Å². The zero-order valence-electron chi connectivity index (χ0n) is 8.59. The lowest BCUT2D eigenvalue weighted by atomic mass is 10.1. The fourth-order valence-electron chi connectivity index (χ4n) is 1.92. The lowest BCUT2D eigenvalue weighted by molar-refractivity contribution is 0.402. The van der Waals surface area contributed by atoms with E-state index in [9.17, 15) is 0 Å². The highest BCUT2D eigenvalue weighted by Gasteiger charge is 2.38. The monoisotopic (exact) mass is 216 g/mol. The third kappa shape index (κ3) is 1.24. The molecule has 0 bridgehead atoms. The van der Waals surface area contributed by atoms with Gasteiger partial charge in [-0.05, 0) is 18.2 Å². The number of fused-ring (bicyclic) bond motifs is 1. The maximum absolute atomic E-state index is 6.21. The Balaban J connectivity index is 1.99. The fourth-order valence-corrected chi connectivity index (χ4v) is 1.92. The van der Waals surface area contributed by atoms with Crippen molar-refractivity contribution in [3.8, 4) is 0 Å². The summed E-state index contributed by atoms with van der Waals surface area (Å²) in [5.74, 6) is 0.819. The van der Waals surface area contributed by atoms with Gasteiger partial charge in [-0.2, -0.15) is 5.10 Å². The predicted molar refractivity (Wildman–Crippen MR) is 60.0 cm³/mol. The first-order valence-corrected chi connectivity index (χ1v) is 4.98. The first-order valence-electron chi connectivity index (χ1n) is 4.98. The van der Waals surface area contributed by atoms with E-state index in [1.807, 2.05) is 29.3 Å². The van der Waals surface area contributed by atoms with Gasteiger partial charge < -0.3 is 16.4 Å². The summed E-state index contributed by atoms with van der Waals surface area (Å²) in [7, 11) is 0. The van der Waals surface area contributed by atoms with E-state index in [4.69, 9.17) is 11.5 Å². The molecule has 82 valence electrons. The quantitative estimate of drug-likeness (QED) is 0.595. The zero-order valence-corrected chi connectivity index (χ0v) is 8.59. The third-order valence-electron chi connectivity index (χ3n) is 2.69. The van der Waals surface area contributed by atoms with Crippen molar-refractivity contribution in [1.82, 2.24) is 15.1 Å². The van der Waals surface area contributed by atoms with Crippen LogP contribution in [-0.2, 0) is 5.66 Å². The molecule has 0 aromatic carbocycles. The molecule has 1 aromatic heterocycles. The molecule has 0 saturated heterocycles. The van der Waals surface area contributed by atoms with Crippen molar-refractivity contribution in [2.75, 3.05) is 6.54 Å². The highest BCUT2D eigenvalue weighted by Crippen LogP contribution is 2.27. The van der Waals surface area contributed by atoms with E-state index in [-0.39, 0.29) is 0 Å². The second-order valence-corrected chi connectivity index (χ2v) is 3.94. The number of hydrogen-bond donors (Lipinski definition) is 3. The lowest BCUT2D eigenvalue weighted by Crippen LogP contribution is -2.40. The molecule has 0 aliphatic carbocycles. The molecule has 6 heteroatoms. The second kappa shape index (κ2) is 2.96. The Morgan fingerprint density at radius 3 is 3.06 bits per heavy atom. The number of hydrogen-bond acceptors (Lipinski definition) is 5. The first-order chi connectivity index (χ1) is 7.67. The molecule has 1 unspecified atom stereocenters. The number of aromatic amines is 1. The van der Waals surface area contributed by atoms with E-state index in [1.54, 1.807) is 6.20 Å². The summed E-state index contributed by atoms with van der Waals surface area (Å²) in [6.45, 7) is 0.554. The summed E-state index contributed by atoms with van der Waals surface area (Å²) in [5, 5.41) is 6.83. The molecule has 6 nitrogen and oxygen atoms in total. The summed E-state index contributed by atoms with van der Waals surface area (Å²) in [6, 6.07) is 1.83. The van der Waals surface area contributed by atoms with Crippen LogP contribution in [-0.4, -0.2) is 27.5 Å². The SMILES string of the molecule is NC1=CN2CC(N)(c3cc[nH]n3)N=C2C=C1. The van der Waals surface area contributed by atoms with Gasteiger partial charge in [-0.25, -0.2) is 4.99 Å². The van der Waals surface area contributed by atoms with Crippen molar-refractivity contribution in [3.05, 3.63) is 42.0 Å². The van der Waals surface area contributed by atoms with Crippen molar-refractivity contribution < 1.29 is 0 Å². The van der Waals surface area contributed by atoms with Crippen molar-refractivity contribution >= 4 is 5.84 Å². The Morgan fingerprint density at radius 2 is 2.31 bits per heavy atom. The number of nitrogens with one attached hydrogen (secondary N) is 1. The number of aromatic nitrogens is 2. The van der Waals surface area contributed by atoms with Gasteiger partial charge in [0.2, 0.25) is 0 Å². The predicted octanol–water partition coefficient (Wildman–Crippen LogP) is -0.395. The fraction of sp³-hybridized carbons (Fsp3) is 0.200. The largest absolute Gasteiger partial charge is 0.398 e. The average molecular weight is 216 g/mol. The topological polar surface area (TPSA) is 96.3 Å². The number of amidine groups is 1. The minimum Gasteiger partial charge on any atom is -0.398 e. The number of H-pyrrole nitrogens is 1. The summed E-state index contributed by atoms with van der Waals surface area (Å²) in [6.07, 6.45) is 7.24. The molecule has 16 heavy (non-hydrogen) atoms. The van der Waals surface area contributed by atoms with Gasteiger partial charge in [-0.1, -0.05) is 0 Å². The Bertz CT molecular complexity index is 497. The van der Waals surface area contributed by atoms with Crippen LogP contribution in [0.5, 0.6) is 0 Å². The number of nitrogens with two attached hydrogens (primary N) is 2. The van der Waals surface area contributed by atoms with E-state index >= 15 is 0 Å². The molecule has 5 N–H and O–H groups in total. The Hall–Kier alpha value is -2.08. The van der Waals surface area contributed by atoms with Crippen molar-refractivity contribution in [2.24, 2.45) is 16.5 Å². The van der Waals surface area contributed by atoms with Gasteiger partial charge in [-0.15, -0.1) is 0 Å². The van der Waals surface area contributed by atoms with E-state index < -0.39 is 5.66 Å². The normalized spacial score (nSPS) is 27.7. The molecular weight excluding hydrogens is 204 g/mol. The molecule has 2 aliphatic rings. The van der Waals surface area contributed by atoms with Gasteiger partial charge in [0.05, 0.1) is 6.54 Å². The maximum atomic E-state index is 6.21. The van der Waals surface area contributed by atoms with E-state index in [2.05, 4.69) is 15.2 Å². The zero-order chi connectivity index (χ0) is 11.2. The molecule has 1 atom stereocenters. The smallest absolute Gasteiger partial charge is 0.172 e. The molecule has 3 heterocycles. The van der Waals surface area contributed by atoms with Gasteiger partial charge in [-0.3, -0.25) is 5.10 Å². The Morgan fingerprint density at radius 1 is 1.44 bits per heavy atom. The third-order valence-corrected chi connectivity index (χ3v) is 2.69. The van der Waals surface area contributed by atoms with Crippen LogP contribution < -0.4 is 11.5 Å². The van der Waals surface area contributed by atoms with Crippen molar-refractivity contribution in [1.29, 1.82) is 0 Å². The molecule has 2 aliphatic heterocycles. The first kappa shape index (κ1) is 9.17. The van der Waals surface area contributed by atoms with Gasteiger partial charge >= 0.3 is 0 Å². The van der Waals surface area contributed by atoms with Crippen molar-refractivity contribution in [2.45, 2.75) is 5.66 Å². The van der Waals surface area contributed by atoms with E-state index in [0.717, 1.165) is 11.5 Å². The van der Waals surface area contributed by atoms with Crippen LogP contribution in [0.25, 0.3) is 0 Å². The van der Waals surface area contributed by atoms with Gasteiger partial charge in [0.1, 0.15) is 11.5 Å². The molecule has 3 rings (SSSR count). The minimum atomic E-state index is -0.791. The molecular formula is C10H12N6. The van der Waals surface area contributed by atoms with Crippen LogP contribution in [0.1, 0.15) is 5.69 Å². The Labute approximate surface area is 92.3 Å². The van der Waals surface area contributed by atoms with Gasteiger partial charge in [0.25, 0.3) is 0 Å². The minimum absolute atomic E-state index is 0.554. The molecule has 1 aromatic rings. The second-order valence-electron chi connectivity index (χ2n) is 3.94. The number of allylic oxidation sites excluding steroid dienone is 1. The van der Waals surface area contributed by atoms with E-state index in [1.165, 1.54) is 0 Å². The molecule has 0 amide bonds. The van der Waals surface area contributed by atoms with Crippen LogP contribution in [0.3, 0.4) is 0 Å². The van der Waals surface area contributed by atoms with E-state index in [0.29, 0.717) is 12.2 Å².